The second-order valence-corrected chi connectivity index (χ2v) is 5.90. The minimum atomic E-state index is -0.329. The Kier molecular flexibility index (Phi) is 4.79. The average molecular weight is 314 g/mol. The first-order valence-corrected chi connectivity index (χ1v) is 7.94. The lowest BCUT2D eigenvalue weighted by Crippen LogP contribution is -2.37. The van der Waals surface area contributed by atoms with E-state index in [2.05, 4.69) is 24.0 Å². The molecule has 0 bridgehead atoms. The number of aromatic hydroxyl groups is 1. The topological polar surface area (TPSA) is 54.7 Å². The molecule has 5 heteroatoms. The molecule has 1 N–H and O–H groups in total. The van der Waals surface area contributed by atoms with Crippen LogP contribution in [0, 0.1) is 0 Å². The van der Waals surface area contributed by atoms with Gasteiger partial charge in [-0.3, -0.25) is 9.69 Å². The van der Waals surface area contributed by atoms with Gasteiger partial charge < -0.3 is 14.4 Å². The first-order chi connectivity index (χ1) is 11.1. The van der Waals surface area contributed by atoms with Crippen LogP contribution in [0.1, 0.15) is 24.2 Å². The van der Waals surface area contributed by atoms with Crippen LogP contribution in [0.4, 0.5) is 0 Å². The molecule has 1 unspecified atom stereocenters. The summed E-state index contributed by atoms with van der Waals surface area (Å²) in [4.78, 5) is 14.2. The summed E-state index contributed by atoms with van der Waals surface area (Å²) in [5.41, 5.74) is 1.72. The van der Waals surface area contributed by atoms with E-state index in [0.29, 0.717) is 6.54 Å². The van der Waals surface area contributed by atoms with E-state index < -0.39 is 0 Å². The van der Waals surface area contributed by atoms with E-state index in [1.165, 1.54) is 0 Å². The normalized spacial score (nSPS) is 17.1. The average Bonchev–Trinajstić information content (AvgIpc) is 2.59. The van der Waals surface area contributed by atoms with Gasteiger partial charge in [0, 0.05) is 31.4 Å². The van der Waals surface area contributed by atoms with Crippen LogP contribution in [0.15, 0.2) is 47.4 Å². The molecular weight excluding hydrogens is 292 g/mol. The summed E-state index contributed by atoms with van der Waals surface area (Å²) < 4.78 is 7.36. The lowest BCUT2D eigenvalue weighted by molar-refractivity contribution is 0.0330. The number of hydrogen-bond acceptors (Lipinski definition) is 4. The monoisotopic (exact) mass is 314 g/mol. The molecule has 23 heavy (non-hydrogen) atoms. The van der Waals surface area contributed by atoms with Crippen molar-refractivity contribution in [1.82, 2.24) is 9.47 Å². The summed E-state index contributed by atoms with van der Waals surface area (Å²) >= 11 is 0. The smallest absolute Gasteiger partial charge is 0.223 e. The summed E-state index contributed by atoms with van der Waals surface area (Å²) in [6.07, 6.45) is 1.55. The van der Waals surface area contributed by atoms with Crippen molar-refractivity contribution < 1.29 is 9.84 Å². The Hall–Kier alpha value is -2.11. The van der Waals surface area contributed by atoms with Gasteiger partial charge in [0.1, 0.15) is 0 Å². The SMILES string of the molecule is CC(c1ccccc1)n1cc(O)c(=O)cc1CN1CCOCC1. The second kappa shape index (κ2) is 6.98. The molecule has 1 aromatic heterocycles. The second-order valence-electron chi connectivity index (χ2n) is 5.90. The number of nitrogens with zero attached hydrogens (tertiary/aromatic N) is 2. The molecular formula is C18H22N2O3. The molecule has 5 nitrogen and oxygen atoms in total. The number of rotatable bonds is 4. The van der Waals surface area contributed by atoms with Gasteiger partial charge in [-0.2, -0.15) is 0 Å². The summed E-state index contributed by atoms with van der Waals surface area (Å²) in [5, 5.41) is 9.86. The fraction of sp³-hybridized carbons (Fsp3) is 0.389. The molecule has 0 saturated carbocycles. The van der Waals surface area contributed by atoms with Crippen molar-refractivity contribution in [1.29, 1.82) is 0 Å². The van der Waals surface area contributed by atoms with Crippen molar-refractivity contribution in [3.63, 3.8) is 0 Å². The minimum absolute atomic E-state index is 0.0405. The Balaban J connectivity index is 1.94. The third-order valence-corrected chi connectivity index (χ3v) is 4.33. The van der Waals surface area contributed by atoms with E-state index >= 15 is 0 Å². The molecule has 1 fully saturated rings. The van der Waals surface area contributed by atoms with Gasteiger partial charge in [0.2, 0.25) is 5.43 Å². The first kappa shape index (κ1) is 15.8. The van der Waals surface area contributed by atoms with Crippen LogP contribution in [-0.4, -0.2) is 40.9 Å². The van der Waals surface area contributed by atoms with Crippen LogP contribution in [0.25, 0.3) is 0 Å². The van der Waals surface area contributed by atoms with Gasteiger partial charge in [-0.15, -0.1) is 0 Å². The highest BCUT2D eigenvalue weighted by Gasteiger charge is 2.17. The van der Waals surface area contributed by atoms with Gasteiger partial charge in [-0.05, 0) is 12.5 Å². The predicted molar refractivity (Wildman–Crippen MR) is 88.7 cm³/mol. The molecule has 0 radical (unpaired) electrons. The number of ether oxygens (including phenoxy) is 1. The lowest BCUT2D eigenvalue weighted by Gasteiger charge is -2.29. The third-order valence-electron chi connectivity index (χ3n) is 4.33. The number of hydrogen-bond donors (Lipinski definition) is 1. The third kappa shape index (κ3) is 3.63. The zero-order valence-corrected chi connectivity index (χ0v) is 13.3. The zero-order valence-electron chi connectivity index (χ0n) is 13.3. The molecule has 3 rings (SSSR count). The lowest BCUT2D eigenvalue weighted by atomic mass is 10.1. The Morgan fingerprint density at radius 1 is 1.22 bits per heavy atom. The first-order valence-electron chi connectivity index (χ1n) is 7.94. The maximum Gasteiger partial charge on any atom is 0.223 e. The van der Waals surface area contributed by atoms with Gasteiger partial charge in [-0.1, -0.05) is 30.3 Å². The van der Waals surface area contributed by atoms with E-state index in [4.69, 9.17) is 4.74 Å². The highest BCUT2D eigenvalue weighted by atomic mass is 16.5. The summed E-state index contributed by atoms with van der Waals surface area (Å²) in [7, 11) is 0. The van der Waals surface area contributed by atoms with Crippen molar-refractivity contribution >= 4 is 0 Å². The van der Waals surface area contributed by atoms with Crippen LogP contribution < -0.4 is 5.43 Å². The molecule has 2 heterocycles. The largest absolute Gasteiger partial charge is 0.503 e. The Morgan fingerprint density at radius 3 is 2.61 bits per heavy atom. The quantitative estimate of drug-likeness (QED) is 0.938. The van der Waals surface area contributed by atoms with Crippen LogP contribution in [0.5, 0.6) is 5.75 Å². The molecule has 122 valence electrons. The van der Waals surface area contributed by atoms with Crippen molar-refractivity contribution in [3.8, 4) is 5.75 Å². The van der Waals surface area contributed by atoms with E-state index in [-0.39, 0.29) is 17.2 Å². The highest BCUT2D eigenvalue weighted by Crippen LogP contribution is 2.21. The molecule has 1 aliphatic rings. The molecule has 1 aromatic carbocycles. The summed E-state index contributed by atoms with van der Waals surface area (Å²) in [6.45, 7) is 5.90. The molecule has 1 saturated heterocycles. The number of aromatic nitrogens is 1. The number of pyridine rings is 1. The van der Waals surface area contributed by atoms with E-state index in [1.807, 2.05) is 22.8 Å². The van der Waals surface area contributed by atoms with Gasteiger partial charge in [0.25, 0.3) is 0 Å². The molecule has 0 spiro atoms. The van der Waals surface area contributed by atoms with Gasteiger partial charge in [-0.25, -0.2) is 0 Å². The Morgan fingerprint density at radius 2 is 1.91 bits per heavy atom. The maximum atomic E-state index is 11.9. The Labute approximate surface area is 135 Å². The molecule has 0 aliphatic carbocycles. The van der Waals surface area contributed by atoms with Crippen molar-refractivity contribution in [2.75, 3.05) is 26.3 Å². The Bertz CT molecular complexity index is 706. The van der Waals surface area contributed by atoms with Gasteiger partial charge in [0.15, 0.2) is 5.75 Å². The standard InChI is InChI=1S/C18H22N2O3/c1-14(15-5-3-2-4-6-15)20-13-18(22)17(21)11-16(20)12-19-7-9-23-10-8-19/h2-6,11,13-14,22H,7-10,12H2,1H3. The fourth-order valence-corrected chi connectivity index (χ4v) is 2.95. The highest BCUT2D eigenvalue weighted by molar-refractivity contribution is 5.25. The van der Waals surface area contributed by atoms with E-state index in [1.54, 1.807) is 12.3 Å². The molecule has 2 aromatic rings. The number of benzene rings is 1. The molecule has 1 aliphatic heterocycles. The van der Waals surface area contributed by atoms with Gasteiger partial charge in [0.05, 0.1) is 25.5 Å². The minimum Gasteiger partial charge on any atom is -0.503 e. The van der Waals surface area contributed by atoms with E-state index in [9.17, 15) is 9.90 Å². The van der Waals surface area contributed by atoms with E-state index in [0.717, 1.165) is 37.6 Å². The van der Waals surface area contributed by atoms with Crippen molar-refractivity contribution in [2.45, 2.75) is 19.5 Å². The predicted octanol–water partition coefficient (Wildman–Crippen LogP) is 2.00. The maximum absolute atomic E-state index is 11.9. The van der Waals surface area contributed by atoms with Crippen molar-refractivity contribution in [3.05, 3.63) is 64.1 Å². The summed E-state index contributed by atoms with van der Waals surface area (Å²) in [6, 6.07) is 11.7. The van der Waals surface area contributed by atoms with Crippen LogP contribution >= 0.6 is 0 Å². The summed E-state index contributed by atoms with van der Waals surface area (Å²) in [5.74, 6) is -0.210. The van der Waals surface area contributed by atoms with Gasteiger partial charge >= 0.3 is 0 Å². The molecule has 0 amide bonds. The van der Waals surface area contributed by atoms with Crippen molar-refractivity contribution in [2.24, 2.45) is 0 Å². The fourth-order valence-electron chi connectivity index (χ4n) is 2.95. The molecule has 1 atom stereocenters. The van der Waals surface area contributed by atoms with Crippen LogP contribution in [0.2, 0.25) is 0 Å². The van der Waals surface area contributed by atoms with Crippen LogP contribution in [-0.2, 0) is 11.3 Å². The zero-order chi connectivity index (χ0) is 16.2. The van der Waals surface area contributed by atoms with Crippen LogP contribution in [0.3, 0.4) is 0 Å². The number of morpholine rings is 1.